The Labute approximate surface area is 219 Å². The van der Waals surface area contributed by atoms with Gasteiger partial charge >= 0.3 is 5.97 Å². The van der Waals surface area contributed by atoms with E-state index >= 15 is 0 Å². The van der Waals surface area contributed by atoms with E-state index < -0.39 is 65.8 Å². The van der Waals surface area contributed by atoms with Gasteiger partial charge < -0.3 is 42.6 Å². The van der Waals surface area contributed by atoms with Crippen molar-refractivity contribution < 1.29 is 34.2 Å². The number of nitrogens with two attached hydrogens (primary N) is 2. The maximum Gasteiger partial charge on any atom is 0.326 e. The normalized spacial score (nSPS) is 15.2. The number of carboxylic acid groups (broad SMARTS) is 1. The van der Waals surface area contributed by atoms with Crippen LogP contribution in [0.3, 0.4) is 0 Å². The lowest BCUT2D eigenvalue weighted by Crippen LogP contribution is -2.60. The predicted octanol–water partition coefficient (Wildman–Crippen LogP) is -1.12. The lowest BCUT2D eigenvalue weighted by molar-refractivity contribution is -0.143. The van der Waals surface area contributed by atoms with Crippen molar-refractivity contribution in [2.75, 3.05) is 0 Å². The van der Waals surface area contributed by atoms with Crippen LogP contribution in [0.1, 0.15) is 39.2 Å². The number of hydrogen-bond donors (Lipinski definition) is 8. The molecule has 0 aliphatic carbocycles. The van der Waals surface area contributed by atoms with E-state index in [-0.39, 0.29) is 19.3 Å². The van der Waals surface area contributed by atoms with E-state index in [9.17, 15) is 34.2 Å². The molecule has 5 unspecified atom stereocenters. The number of carbonyl (C=O) groups is 5. The highest BCUT2D eigenvalue weighted by Crippen LogP contribution is 2.19. The first-order valence-corrected chi connectivity index (χ1v) is 12.2. The number of aromatic nitrogens is 1. The minimum absolute atomic E-state index is 0.00930. The fourth-order valence-corrected chi connectivity index (χ4v) is 3.85. The smallest absolute Gasteiger partial charge is 0.326 e. The van der Waals surface area contributed by atoms with E-state index in [2.05, 4.69) is 20.9 Å². The number of benzene rings is 1. The number of aromatic amines is 1. The molecule has 208 valence electrons. The minimum Gasteiger partial charge on any atom is -0.480 e. The van der Waals surface area contributed by atoms with Crippen LogP contribution in [0.5, 0.6) is 0 Å². The molecule has 0 aliphatic heterocycles. The van der Waals surface area contributed by atoms with Crippen molar-refractivity contribution in [3.05, 3.63) is 36.0 Å². The molecule has 2 rings (SSSR count). The zero-order chi connectivity index (χ0) is 28.6. The van der Waals surface area contributed by atoms with Crippen LogP contribution >= 0.6 is 0 Å². The van der Waals surface area contributed by atoms with Crippen LogP contribution in [0.4, 0.5) is 0 Å². The summed E-state index contributed by atoms with van der Waals surface area (Å²) in [5, 5.41) is 27.8. The Morgan fingerprint density at radius 1 is 0.947 bits per heavy atom. The molecule has 1 aromatic heterocycles. The monoisotopic (exact) mass is 532 g/mol. The molecule has 10 N–H and O–H groups in total. The van der Waals surface area contributed by atoms with Crippen molar-refractivity contribution in [3.8, 4) is 0 Å². The molecule has 13 heteroatoms. The van der Waals surface area contributed by atoms with Gasteiger partial charge in [0, 0.05) is 29.9 Å². The van der Waals surface area contributed by atoms with Crippen molar-refractivity contribution in [2.24, 2.45) is 17.4 Å². The highest BCUT2D eigenvalue weighted by molar-refractivity contribution is 5.95. The lowest BCUT2D eigenvalue weighted by atomic mass is 10.0. The molecule has 2 aromatic rings. The third-order valence-electron chi connectivity index (χ3n) is 6.06. The van der Waals surface area contributed by atoms with Crippen molar-refractivity contribution >= 4 is 40.5 Å². The topological polar surface area (TPSA) is 230 Å². The molecule has 1 aromatic carbocycles. The molecule has 0 fully saturated rings. The van der Waals surface area contributed by atoms with E-state index in [4.69, 9.17) is 11.5 Å². The SMILES string of the molecule is CC(C)C(NC(=O)C(Cc1c[nH]c2ccccc12)NC(=O)C(NC(=O)C(N)CCC(N)=O)C(C)O)C(=O)O. The van der Waals surface area contributed by atoms with Crippen LogP contribution in [0.25, 0.3) is 10.9 Å². The van der Waals surface area contributed by atoms with E-state index in [1.54, 1.807) is 20.0 Å². The van der Waals surface area contributed by atoms with Gasteiger partial charge in [0.25, 0.3) is 0 Å². The van der Waals surface area contributed by atoms with Crippen LogP contribution < -0.4 is 27.4 Å². The third-order valence-corrected chi connectivity index (χ3v) is 6.06. The molecule has 13 nitrogen and oxygen atoms in total. The lowest BCUT2D eigenvalue weighted by Gasteiger charge is -2.27. The van der Waals surface area contributed by atoms with Gasteiger partial charge in [-0.3, -0.25) is 19.2 Å². The molecule has 0 spiro atoms. The number of H-pyrrole nitrogens is 1. The van der Waals surface area contributed by atoms with Gasteiger partial charge in [-0.25, -0.2) is 4.79 Å². The fraction of sp³-hybridized carbons (Fsp3) is 0.480. The maximum absolute atomic E-state index is 13.2. The minimum atomic E-state index is -1.49. The summed E-state index contributed by atoms with van der Waals surface area (Å²) >= 11 is 0. The number of rotatable bonds is 14. The number of amides is 4. The van der Waals surface area contributed by atoms with Crippen LogP contribution in [0.15, 0.2) is 30.5 Å². The molecule has 0 saturated carbocycles. The van der Waals surface area contributed by atoms with Crippen molar-refractivity contribution in [1.82, 2.24) is 20.9 Å². The fourth-order valence-electron chi connectivity index (χ4n) is 3.85. The summed E-state index contributed by atoms with van der Waals surface area (Å²) in [5.41, 5.74) is 12.3. The van der Waals surface area contributed by atoms with E-state index in [0.29, 0.717) is 5.56 Å². The third kappa shape index (κ3) is 8.28. The summed E-state index contributed by atoms with van der Waals surface area (Å²) in [6.07, 6.45) is 0.0895. The van der Waals surface area contributed by atoms with E-state index in [0.717, 1.165) is 10.9 Å². The first-order valence-electron chi connectivity index (χ1n) is 12.2. The molecule has 4 amide bonds. The quantitative estimate of drug-likeness (QED) is 0.148. The molecule has 0 saturated heterocycles. The predicted molar refractivity (Wildman–Crippen MR) is 138 cm³/mol. The van der Waals surface area contributed by atoms with Gasteiger partial charge in [0.2, 0.25) is 23.6 Å². The highest BCUT2D eigenvalue weighted by Gasteiger charge is 2.33. The van der Waals surface area contributed by atoms with Crippen LogP contribution in [-0.4, -0.2) is 75.1 Å². The zero-order valence-corrected chi connectivity index (χ0v) is 21.6. The molecular formula is C25H36N6O7. The summed E-state index contributed by atoms with van der Waals surface area (Å²) in [6, 6.07) is 2.21. The first-order chi connectivity index (χ1) is 17.8. The Hall–Kier alpha value is -3.97. The van der Waals surface area contributed by atoms with E-state index in [1.165, 1.54) is 6.92 Å². The molecular weight excluding hydrogens is 496 g/mol. The summed E-state index contributed by atoms with van der Waals surface area (Å²) in [4.78, 5) is 64.6. The Morgan fingerprint density at radius 3 is 2.16 bits per heavy atom. The Balaban J connectivity index is 2.28. The van der Waals surface area contributed by atoms with Crippen molar-refractivity contribution in [2.45, 2.75) is 70.3 Å². The highest BCUT2D eigenvalue weighted by atomic mass is 16.4. The van der Waals surface area contributed by atoms with Gasteiger partial charge in [0.15, 0.2) is 0 Å². The standard InChI is InChI=1S/C25H36N6O7/c1-12(2)20(25(37)38)30-23(35)18(10-14-11-28-17-7-5-4-6-15(14)17)29-24(36)21(13(3)32)31-22(34)16(26)8-9-19(27)33/h4-7,11-13,16,18,20-21,28,32H,8-10,26H2,1-3H3,(H2,27,33)(H,29,36)(H,30,35)(H,31,34)(H,37,38). The van der Waals surface area contributed by atoms with Gasteiger partial charge in [0.05, 0.1) is 12.1 Å². The number of carbonyl (C=O) groups excluding carboxylic acids is 4. The largest absolute Gasteiger partial charge is 0.480 e. The molecule has 0 radical (unpaired) electrons. The maximum atomic E-state index is 13.2. The van der Waals surface area contributed by atoms with Crippen LogP contribution in [-0.2, 0) is 30.4 Å². The molecule has 38 heavy (non-hydrogen) atoms. The van der Waals surface area contributed by atoms with Crippen molar-refractivity contribution in [1.29, 1.82) is 0 Å². The molecule has 5 atom stereocenters. The van der Waals surface area contributed by atoms with Gasteiger partial charge in [-0.2, -0.15) is 0 Å². The van der Waals surface area contributed by atoms with Crippen LogP contribution in [0, 0.1) is 5.92 Å². The van der Waals surface area contributed by atoms with Gasteiger partial charge in [-0.05, 0) is 30.9 Å². The van der Waals surface area contributed by atoms with Gasteiger partial charge in [-0.1, -0.05) is 32.0 Å². The summed E-state index contributed by atoms with van der Waals surface area (Å²) < 4.78 is 0. The van der Waals surface area contributed by atoms with Gasteiger partial charge in [0.1, 0.15) is 18.1 Å². The average molecular weight is 533 g/mol. The number of para-hydroxylation sites is 1. The summed E-state index contributed by atoms with van der Waals surface area (Å²) in [7, 11) is 0. The number of fused-ring (bicyclic) bond motifs is 1. The number of aliphatic carboxylic acids is 1. The number of aliphatic hydroxyl groups is 1. The number of carboxylic acids is 1. The second-order valence-corrected chi connectivity index (χ2v) is 9.53. The average Bonchev–Trinajstić information content (AvgIpc) is 3.25. The second-order valence-electron chi connectivity index (χ2n) is 9.53. The zero-order valence-electron chi connectivity index (χ0n) is 21.6. The number of primary amides is 1. The van der Waals surface area contributed by atoms with E-state index in [1.807, 2.05) is 24.3 Å². The Bertz CT molecular complexity index is 1160. The summed E-state index contributed by atoms with van der Waals surface area (Å²) in [5.74, 6) is -4.75. The Kier molecular flexibility index (Phi) is 10.8. The van der Waals surface area contributed by atoms with Crippen LogP contribution in [0.2, 0.25) is 0 Å². The Morgan fingerprint density at radius 2 is 1.58 bits per heavy atom. The van der Waals surface area contributed by atoms with Gasteiger partial charge in [-0.15, -0.1) is 0 Å². The molecule has 0 aliphatic rings. The molecule has 0 bridgehead atoms. The molecule has 1 heterocycles. The summed E-state index contributed by atoms with van der Waals surface area (Å²) in [6.45, 7) is 4.53. The number of aliphatic hydroxyl groups excluding tert-OH is 1. The first kappa shape index (κ1) is 30.3. The number of nitrogens with one attached hydrogen (secondary N) is 4. The van der Waals surface area contributed by atoms with Crippen molar-refractivity contribution in [3.63, 3.8) is 0 Å². The second kappa shape index (κ2) is 13.5. The number of hydrogen-bond acceptors (Lipinski definition) is 7.